The number of hydrogen-bond acceptors (Lipinski definition) is 16. The summed E-state index contributed by atoms with van der Waals surface area (Å²) in [6.45, 7) is 46.2. The Kier molecular flexibility index (Phi) is 53.4. The number of esters is 6. The highest BCUT2D eigenvalue weighted by Crippen LogP contribution is 2.43. The van der Waals surface area contributed by atoms with Crippen molar-refractivity contribution in [2.45, 2.75) is 209 Å². The average molecular weight is 1030 g/mol. The Morgan fingerprint density at radius 3 is 0.775 bits per heavy atom. The third kappa shape index (κ3) is 24.9. The van der Waals surface area contributed by atoms with E-state index in [1.807, 2.05) is 125 Å². The predicted molar refractivity (Wildman–Crippen MR) is 276 cm³/mol. The first-order valence-electron chi connectivity index (χ1n) is 26.1. The van der Waals surface area contributed by atoms with E-state index in [2.05, 4.69) is 14.2 Å². The van der Waals surface area contributed by atoms with Crippen molar-refractivity contribution in [3.8, 4) is 0 Å². The van der Waals surface area contributed by atoms with Crippen LogP contribution in [-0.2, 0) is 76.3 Å². The normalized spacial score (nSPS) is 30.4. The quantitative estimate of drug-likeness (QED) is 0.143. The van der Waals surface area contributed by atoms with Gasteiger partial charge in [0, 0.05) is 0 Å². The van der Waals surface area contributed by atoms with E-state index < -0.39 is 71.7 Å². The number of carboxylic acids is 2. The zero-order chi connectivity index (χ0) is 58.2. The fourth-order valence-electron chi connectivity index (χ4n) is 8.46. The highest BCUT2D eigenvalue weighted by atomic mass is 16.6. The zero-order valence-electron chi connectivity index (χ0n) is 49.4. The molecule has 5 aliphatic rings. The van der Waals surface area contributed by atoms with Crippen LogP contribution in [0, 0.1) is 59.2 Å². The highest BCUT2D eigenvalue weighted by molar-refractivity contribution is 5.97. The van der Waals surface area contributed by atoms with Gasteiger partial charge in [0.05, 0.1) is 112 Å². The first-order valence-corrected chi connectivity index (χ1v) is 26.1. The van der Waals surface area contributed by atoms with Crippen molar-refractivity contribution >= 4 is 47.8 Å². The average Bonchev–Trinajstić information content (AvgIpc) is 4.15. The summed E-state index contributed by atoms with van der Waals surface area (Å²) in [5, 5.41) is 17.6. The summed E-state index contributed by atoms with van der Waals surface area (Å²) in [5.74, 6) is -8.64. The van der Waals surface area contributed by atoms with Gasteiger partial charge in [0.2, 0.25) is 0 Å². The Bertz CT molecular complexity index is 1280. The van der Waals surface area contributed by atoms with Gasteiger partial charge < -0.3 is 48.1 Å². The summed E-state index contributed by atoms with van der Waals surface area (Å²) in [7, 11) is 5.30. The molecule has 5 fully saturated rings. The minimum atomic E-state index is -1.11. The van der Waals surface area contributed by atoms with E-state index >= 15 is 0 Å². The second-order valence-electron chi connectivity index (χ2n) is 14.5. The van der Waals surface area contributed by atoms with Crippen LogP contribution in [0.25, 0.3) is 0 Å². The number of cyclic esters (lactones) is 2. The lowest BCUT2D eigenvalue weighted by atomic mass is 9.88. The van der Waals surface area contributed by atoms with E-state index in [4.69, 9.17) is 33.9 Å². The molecule has 0 spiro atoms. The van der Waals surface area contributed by atoms with Gasteiger partial charge in [-0.1, -0.05) is 125 Å². The molecule has 0 bridgehead atoms. The van der Waals surface area contributed by atoms with Crippen molar-refractivity contribution in [2.24, 2.45) is 59.2 Å². The molecule has 0 aromatic heterocycles. The van der Waals surface area contributed by atoms with E-state index in [0.717, 1.165) is 6.42 Å². The molecule has 0 amide bonds. The summed E-state index contributed by atoms with van der Waals surface area (Å²) in [6.07, 6.45) is -1.23. The Balaban J connectivity index is -0.000000140. The number of fused-ring (bicyclic) bond motifs is 1. The van der Waals surface area contributed by atoms with Crippen molar-refractivity contribution in [1.82, 2.24) is 0 Å². The first-order chi connectivity index (χ1) is 33.6. The SMILES string of the molecule is CC.CC.CC.CC.CC.CC.CC.CC.CC1OC(C)C(C(=O)O)C1C(=O)O.CC1OC(C)[C@@H]2C(=O)OC(=O)[C@H]12.COC(=O)C1C(C)CC(C)C1C(=O)OC.COC(=O)C1C(C)OC(C)C1C(=O)OC. The smallest absolute Gasteiger partial charge is 0.320 e. The molecule has 0 radical (unpaired) electrons. The van der Waals surface area contributed by atoms with Gasteiger partial charge in [0.15, 0.2) is 0 Å². The Morgan fingerprint density at radius 2 is 0.563 bits per heavy atom. The second-order valence-corrected chi connectivity index (χ2v) is 14.5. The molecule has 16 atom stereocenters. The highest BCUT2D eigenvalue weighted by Gasteiger charge is 2.56. The molecule has 18 nitrogen and oxygen atoms in total. The largest absolute Gasteiger partial charge is 0.481 e. The molecule has 0 aromatic rings. The standard InChI is InChI=1S/C11H18O4.C10H16O5.C8H12O5.C8H10O4.8C2H6/c1-6-5-7(2)9(11(13)15-4)8(6)10(12)14-3;1-5-7(9(11)13-3)8(6(2)15-5)10(12)14-4;1-3-5(7(9)10)6(8(11)12)4(2)13-3;1-3-5-6(4(2)11-3)8(10)12-7(5)9;8*1-2/h6-9H,5H2,1-4H3;5-8H,1-4H3;3-6H,1-2H3,(H,9,10)(H,11,12);3-6H,1-2H3;8*1-2H3/t;;;3?,4?,5-,6+;;;;;;;;. The minimum Gasteiger partial charge on any atom is -0.481 e. The number of ether oxygens (including phenoxy) is 8. The van der Waals surface area contributed by atoms with Crippen molar-refractivity contribution in [3.05, 3.63) is 0 Å². The van der Waals surface area contributed by atoms with Gasteiger partial charge in [0.25, 0.3) is 0 Å². The lowest BCUT2D eigenvalue weighted by Crippen LogP contribution is -2.35. The molecule has 1 aliphatic carbocycles. The van der Waals surface area contributed by atoms with Crippen LogP contribution >= 0.6 is 0 Å². The van der Waals surface area contributed by atoms with Crippen LogP contribution in [0.3, 0.4) is 0 Å². The number of carboxylic acid groups (broad SMARTS) is 2. The first kappa shape index (κ1) is 80.9. The number of carbonyl (C=O) groups excluding carboxylic acids is 6. The summed E-state index contributed by atoms with van der Waals surface area (Å²) >= 11 is 0. The molecular weight excluding hydrogens is 925 g/mol. The summed E-state index contributed by atoms with van der Waals surface area (Å²) in [6, 6.07) is 0. The van der Waals surface area contributed by atoms with Gasteiger partial charge in [-0.15, -0.1) is 0 Å². The molecule has 4 heterocycles. The molecule has 71 heavy (non-hydrogen) atoms. The van der Waals surface area contributed by atoms with Crippen LogP contribution in [0.1, 0.15) is 173 Å². The van der Waals surface area contributed by atoms with Crippen molar-refractivity contribution in [2.75, 3.05) is 28.4 Å². The van der Waals surface area contributed by atoms with Crippen molar-refractivity contribution in [3.63, 3.8) is 0 Å². The number of aliphatic carboxylic acids is 2. The maximum Gasteiger partial charge on any atom is 0.320 e. The van der Waals surface area contributed by atoms with Crippen LogP contribution in [0.5, 0.6) is 0 Å². The molecule has 1 saturated carbocycles. The molecule has 4 saturated heterocycles. The van der Waals surface area contributed by atoms with Crippen molar-refractivity contribution in [1.29, 1.82) is 0 Å². The Labute approximate surface area is 430 Å². The van der Waals surface area contributed by atoms with Gasteiger partial charge in [-0.25, -0.2) is 0 Å². The number of methoxy groups -OCH3 is 4. The summed E-state index contributed by atoms with van der Waals surface area (Å²) < 4.78 is 39.2. The van der Waals surface area contributed by atoms with Crippen LogP contribution in [0.4, 0.5) is 0 Å². The number of hydrogen-bond donors (Lipinski definition) is 2. The molecule has 18 heteroatoms. The van der Waals surface area contributed by atoms with Gasteiger partial charge in [0.1, 0.15) is 0 Å². The van der Waals surface area contributed by atoms with Gasteiger partial charge in [-0.2, -0.15) is 0 Å². The minimum absolute atomic E-state index is 0.177. The Morgan fingerprint density at radius 1 is 0.366 bits per heavy atom. The van der Waals surface area contributed by atoms with Crippen LogP contribution in [-0.4, -0.2) is 123 Å². The molecule has 424 valence electrons. The van der Waals surface area contributed by atoms with E-state index in [1.54, 1.807) is 41.5 Å². The maximum atomic E-state index is 11.6. The van der Waals surface area contributed by atoms with Crippen LogP contribution in [0.15, 0.2) is 0 Å². The number of carbonyl (C=O) groups is 8. The Hall–Kier alpha value is -4.16. The van der Waals surface area contributed by atoms with E-state index in [0.29, 0.717) is 0 Å². The predicted octanol–water partition coefficient (Wildman–Crippen LogP) is 10.1. The van der Waals surface area contributed by atoms with E-state index in [1.165, 1.54) is 28.4 Å². The van der Waals surface area contributed by atoms with Gasteiger partial charge in [-0.05, 0) is 59.8 Å². The topological polar surface area (TPSA) is 251 Å². The van der Waals surface area contributed by atoms with E-state index in [-0.39, 0.29) is 71.9 Å². The molecule has 14 unspecified atom stereocenters. The third-order valence-electron chi connectivity index (χ3n) is 11.0. The molecule has 5 rings (SSSR count). The lowest BCUT2D eigenvalue weighted by molar-refractivity contribution is -0.158. The molecular formula is C53H104O18. The fourth-order valence-corrected chi connectivity index (χ4v) is 8.46. The zero-order valence-corrected chi connectivity index (χ0v) is 49.4. The van der Waals surface area contributed by atoms with Crippen LogP contribution in [0.2, 0.25) is 0 Å². The fraction of sp³-hybridized carbons (Fsp3) is 0.849. The van der Waals surface area contributed by atoms with Crippen LogP contribution < -0.4 is 0 Å². The third-order valence-corrected chi connectivity index (χ3v) is 11.0. The van der Waals surface area contributed by atoms with Gasteiger partial charge >= 0.3 is 47.8 Å². The molecule has 0 aromatic carbocycles. The summed E-state index contributed by atoms with van der Waals surface area (Å²) in [5.41, 5.74) is 0. The summed E-state index contributed by atoms with van der Waals surface area (Å²) in [4.78, 5) is 89.8. The number of rotatable bonds is 6. The molecule has 2 N–H and O–H groups in total. The van der Waals surface area contributed by atoms with Crippen molar-refractivity contribution < 1.29 is 86.5 Å². The maximum absolute atomic E-state index is 11.6. The monoisotopic (exact) mass is 1030 g/mol. The van der Waals surface area contributed by atoms with Gasteiger partial charge in [-0.3, -0.25) is 38.4 Å². The second kappa shape index (κ2) is 46.9. The molecule has 4 aliphatic heterocycles. The van der Waals surface area contributed by atoms with E-state index in [9.17, 15) is 38.4 Å². The lowest BCUT2D eigenvalue weighted by Gasteiger charge is -2.19.